The lowest BCUT2D eigenvalue weighted by molar-refractivity contribution is 0.161. The number of likely N-dealkylation sites (tertiary alicyclic amines) is 1. The van der Waals surface area contributed by atoms with Crippen LogP contribution in [0, 0.1) is 0 Å². The highest BCUT2D eigenvalue weighted by Crippen LogP contribution is 2.28. The van der Waals surface area contributed by atoms with Crippen molar-refractivity contribution in [3.63, 3.8) is 0 Å². The fourth-order valence-electron chi connectivity index (χ4n) is 4.00. The number of rotatable bonds is 6. The first-order chi connectivity index (χ1) is 13.6. The predicted molar refractivity (Wildman–Crippen MR) is 115 cm³/mol. The Balaban J connectivity index is 0.00000240. The van der Waals surface area contributed by atoms with Gasteiger partial charge in [-0.25, -0.2) is 9.61 Å². The Morgan fingerprint density at radius 2 is 2.00 bits per heavy atom. The van der Waals surface area contributed by atoms with Crippen LogP contribution in [0.15, 0.2) is 17.0 Å². The minimum absolute atomic E-state index is 0. The van der Waals surface area contributed by atoms with Crippen LogP contribution in [0.2, 0.25) is 0 Å². The van der Waals surface area contributed by atoms with E-state index < -0.39 is 0 Å². The van der Waals surface area contributed by atoms with E-state index in [9.17, 15) is 0 Å². The number of aryl methyl sites for hydroxylation is 1. The molecule has 158 valence electrons. The standard InChI is InChI=1S/C19H28N8O.ClH/c1-4-27-17-13(10-22-14-5-7-26(8-6-14)12(2)3)9-21-11-15(17)23-19(27)16-18(20)25-28-24-16;/h9,11-12,14,22H,4-8,10H2,1-3H3,(H2,20,25);1H. The van der Waals surface area contributed by atoms with Gasteiger partial charge in [0.25, 0.3) is 0 Å². The molecule has 1 aliphatic rings. The number of hydrogen-bond acceptors (Lipinski definition) is 8. The van der Waals surface area contributed by atoms with E-state index in [0.29, 0.717) is 23.6 Å². The molecule has 1 saturated heterocycles. The Bertz CT molecular complexity index is 945. The predicted octanol–water partition coefficient (Wildman–Crippen LogP) is 2.47. The number of hydrogen-bond donors (Lipinski definition) is 2. The molecule has 1 aliphatic heterocycles. The maximum atomic E-state index is 5.89. The number of nitrogens with two attached hydrogens (primary N) is 1. The average Bonchev–Trinajstić information content (AvgIpc) is 3.29. The highest BCUT2D eigenvalue weighted by atomic mass is 35.5. The number of nitrogen functional groups attached to an aromatic ring is 1. The van der Waals surface area contributed by atoms with E-state index in [4.69, 9.17) is 15.3 Å². The number of pyridine rings is 1. The Kier molecular flexibility index (Phi) is 6.71. The molecule has 0 saturated carbocycles. The van der Waals surface area contributed by atoms with Gasteiger partial charge < -0.3 is 20.5 Å². The van der Waals surface area contributed by atoms with E-state index in [2.05, 4.69) is 50.9 Å². The summed E-state index contributed by atoms with van der Waals surface area (Å²) in [6.45, 7) is 10.4. The number of piperidine rings is 1. The third-order valence-electron chi connectivity index (χ3n) is 5.61. The van der Waals surface area contributed by atoms with Crippen LogP contribution in [-0.2, 0) is 13.1 Å². The van der Waals surface area contributed by atoms with E-state index in [1.54, 1.807) is 6.20 Å². The van der Waals surface area contributed by atoms with Gasteiger partial charge in [0.15, 0.2) is 17.3 Å². The fourth-order valence-corrected chi connectivity index (χ4v) is 4.00. The first-order valence-corrected chi connectivity index (χ1v) is 9.97. The molecule has 29 heavy (non-hydrogen) atoms. The quantitative estimate of drug-likeness (QED) is 0.625. The van der Waals surface area contributed by atoms with Crippen molar-refractivity contribution in [3.05, 3.63) is 18.0 Å². The zero-order valence-electron chi connectivity index (χ0n) is 17.1. The second-order valence-corrected chi connectivity index (χ2v) is 7.63. The molecule has 0 radical (unpaired) electrons. The summed E-state index contributed by atoms with van der Waals surface area (Å²) in [6, 6.07) is 1.15. The minimum atomic E-state index is 0. The SMILES string of the molecule is CCn1c(-c2nonc2N)nc2cncc(CNC3CCN(C(C)C)CC3)c21.Cl. The van der Waals surface area contributed by atoms with Crippen molar-refractivity contribution in [2.45, 2.75) is 58.8 Å². The second-order valence-electron chi connectivity index (χ2n) is 7.63. The topological polar surface area (TPSA) is 111 Å². The van der Waals surface area contributed by atoms with E-state index in [1.807, 2.05) is 6.20 Å². The molecule has 1 fully saturated rings. The van der Waals surface area contributed by atoms with Crippen molar-refractivity contribution in [2.75, 3.05) is 18.8 Å². The summed E-state index contributed by atoms with van der Waals surface area (Å²) < 4.78 is 6.87. The van der Waals surface area contributed by atoms with Crippen molar-refractivity contribution in [2.24, 2.45) is 0 Å². The molecule has 10 heteroatoms. The molecule has 9 nitrogen and oxygen atoms in total. The largest absolute Gasteiger partial charge is 0.379 e. The van der Waals surface area contributed by atoms with E-state index >= 15 is 0 Å². The summed E-state index contributed by atoms with van der Waals surface area (Å²) in [4.78, 5) is 11.6. The number of anilines is 1. The molecule has 0 spiro atoms. The third kappa shape index (κ3) is 4.22. The molecule has 0 atom stereocenters. The molecular weight excluding hydrogens is 392 g/mol. The maximum Gasteiger partial charge on any atom is 0.199 e. The summed E-state index contributed by atoms with van der Waals surface area (Å²) in [5, 5.41) is 11.3. The Hall–Kier alpha value is -2.23. The Morgan fingerprint density at radius 3 is 2.62 bits per heavy atom. The van der Waals surface area contributed by atoms with Crippen molar-refractivity contribution in [1.29, 1.82) is 0 Å². The van der Waals surface area contributed by atoms with E-state index in [-0.39, 0.29) is 18.2 Å². The summed E-state index contributed by atoms with van der Waals surface area (Å²) in [5.74, 6) is 0.908. The van der Waals surface area contributed by atoms with Crippen LogP contribution in [0.1, 0.15) is 39.2 Å². The molecular formula is C19H29ClN8O. The number of aromatic nitrogens is 5. The minimum Gasteiger partial charge on any atom is -0.379 e. The number of nitrogens with zero attached hydrogens (tertiary/aromatic N) is 6. The van der Waals surface area contributed by atoms with E-state index in [0.717, 1.165) is 42.8 Å². The number of imidazole rings is 1. The average molecular weight is 421 g/mol. The first-order valence-electron chi connectivity index (χ1n) is 9.97. The lowest BCUT2D eigenvalue weighted by atomic mass is 10.0. The van der Waals surface area contributed by atoms with Crippen LogP contribution in [0.25, 0.3) is 22.6 Å². The molecule has 0 amide bonds. The van der Waals surface area contributed by atoms with Crippen LogP contribution in [-0.4, -0.2) is 54.9 Å². The van der Waals surface area contributed by atoms with Crippen molar-refractivity contribution >= 4 is 29.3 Å². The molecule has 0 aromatic carbocycles. The molecule has 0 unspecified atom stereocenters. The monoisotopic (exact) mass is 420 g/mol. The molecule has 4 heterocycles. The van der Waals surface area contributed by atoms with Gasteiger partial charge in [0.1, 0.15) is 5.52 Å². The Labute approximate surface area is 176 Å². The van der Waals surface area contributed by atoms with Crippen LogP contribution < -0.4 is 11.1 Å². The van der Waals surface area contributed by atoms with Crippen molar-refractivity contribution in [3.8, 4) is 11.5 Å². The van der Waals surface area contributed by atoms with Crippen molar-refractivity contribution < 1.29 is 4.63 Å². The second kappa shape index (κ2) is 9.06. The smallest absolute Gasteiger partial charge is 0.199 e. The van der Waals surface area contributed by atoms with Gasteiger partial charge >= 0.3 is 0 Å². The summed E-state index contributed by atoms with van der Waals surface area (Å²) >= 11 is 0. The van der Waals surface area contributed by atoms with Crippen LogP contribution >= 0.6 is 12.4 Å². The number of nitrogens with one attached hydrogen (secondary N) is 1. The molecule has 4 rings (SSSR count). The highest BCUT2D eigenvalue weighted by molar-refractivity contribution is 5.85. The molecule has 3 N–H and O–H groups in total. The van der Waals surface area contributed by atoms with Crippen LogP contribution in [0.4, 0.5) is 5.82 Å². The third-order valence-corrected chi connectivity index (χ3v) is 5.61. The summed E-state index contributed by atoms with van der Waals surface area (Å²) in [6.07, 6.45) is 6.03. The molecule has 3 aromatic rings. The van der Waals surface area contributed by atoms with E-state index in [1.165, 1.54) is 12.8 Å². The van der Waals surface area contributed by atoms with Gasteiger partial charge in [0.05, 0.1) is 11.7 Å². The number of halogens is 1. The van der Waals surface area contributed by atoms with Gasteiger partial charge in [0, 0.05) is 36.9 Å². The van der Waals surface area contributed by atoms with Gasteiger partial charge in [-0.1, -0.05) is 0 Å². The highest BCUT2D eigenvalue weighted by Gasteiger charge is 2.22. The molecule has 3 aromatic heterocycles. The van der Waals surface area contributed by atoms with Crippen LogP contribution in [0.3, 0.4) is 0 Å². The lowest BCUT2D eigenvalue weighted by Crippen LogP contribution is -2.44. The van der Waals surface area contributed by atoms with Gasteiger partial charge in [-0.15, -0.1) is 12.4 Å². The van der Waals surface area contributed by atoms with Gasteiger partial charge in [0.2, 0.25) is 0 Å². The molecule has 0 bridgehead atoms. The zero-order chi connectivity index (χ0) is 19.7. The fraction of sp³-hybridized carbons (Fsp3) is 0.579. The van der Waals surface area contributed by atoms with Gasteiger partial charge in [-0.2, -0.15) is 0 Å². The first kappa shape index (κ1) is 21.5. The summed E-state index contributed by atoms with van der Waals surface area (Å²) in [7, 11) is 0. The van der Waals surface area contributed by atoms with Gasteiger partial charge in [-0.3, -0.25) is 4.98 Å². The normalized spacial score (nSPS) is 15.9. The zero-order valence-corrected chi connectivity index (χ0v) is 17.9. The van der Waals surface area contributed by atoms with Gasteiger partial charge in [-0.05, 0) is 57.0 Å². The number of fused-ring (bicyclic) bond motifs is 1. The maximum absolute atomic E-state index is 5.89. The lowest BCUT2D eigenvalue weighted by Gasteiger charge is -2.35. The van der Waals surface area contributed by atoms with Crippen LogP contribution in [0.5, 0.6) is 0 Å². The van der Waals surface area contributed by atoms with Crippen molar-refractivity contribution in [1.82, 2.24) is 35.1 Å². The molecule has 0 aliphatic carbocycles. The summed E-state index contributed by atoms with van der Waals surface area (Å²) in [5.41, 5.74) is 9.37. The Morgan fingerprint density at radius 1 is 1.24 bits per heavy atom.